The van der Waals surface area contributed by atoms with Gasteiger partial charge in [-0.15, -0.1) is 0 Å². The number of anilines is 2. The highest BCUT2D eigenvalue weighted by atomic mass is 19.1. The molecule has 0 amide bonds. The predicted octanol–water partition coefficient (Wildman–Crippen LogP) is 2.01. The minimum absolute atomic E-state index is 0.0390. The SMILES string of the molecule is OCCNC(c1ccc(F)cc1)c1nc(Nc2ccn[nH]2)c2cccn2n1. The van der Waals surface area contributed by atoms with Crippen LogP contribution in [0.25, 0.3) is 5.52 Å². The molecule has 0 bridgehead atoms. The molecule has 3 aromatic heterocycles. The summed E-state index contributed by atoms with van der Waals surface area (Å²) < 4.78 is 15.1. The molecule has 0 fully saturated rings. The van der Waals surface area contributed by atoms with Crippen molar-refractivity contribution in [3.8, 4) is 0 Å². The Hall–Kier alpha value is -3.30. The maximum atomic E-state index is 13.3. The number of aromatic amines is 1. The number of aromatic nitrogens is 5. The summed E-state index contributed by atoms with van der Waals surface area (Å²) >= 11 is 0. The molecule has 4 N–H and O–H groups in total. The molecule has 8 nitrogen and oxygen atoms in total. The van der Waals surface area contributed by atoms with Crippen LogP contribution in [0.3, 0.4) is 0 Å². The normalized spacial score (nSPS) is 12.4. The fourth-order valence-electron chi connectivity index (χ4n) is 2.84. The first-order chi connectivity index (χ1) is 13.2. The number of fused-ring (bicyclic) bond motifs is 1. The number of nitrogens with one attached hydrogen (secondary N) is 3. The van der Waals surface area contributed by atoms with E-state index in [9.17, 15) is 9.50 Å². The zero-order valence-electron chi connectivity index (χ0n) is 14.3. The van der Waals surface area contributed by atoms with Crippen molar-refractivity contribution < 1.29 is 9.50 Å². The topological polar surface area (TPSA) is 103 Å². The Morgan fingerprint density at radius 2 is 2.04 bits per heavy atom. The molecule has 4 aromatic rings. The third kappa shape index (κ3) is 3.64. The molecule has 0 aliphatic rings. The second-order valence-electron chi connectivity index (χ2n) is 5.91. The van der Waals surface area contributed by atoms with Gasteiger partial charge in [0.25, 0.3) is 0 Å². The van der Waals surface area contributed by atoms with E-state index < -0.39 is 6.04 Å². The monoisotopic (exact) mass is 367 g/mol. The number of hydrogen-bond acceptors (Lipinski definition) is 6. The molecule has 9 heteroatoms. The van der Waals surface area contributed by atoms with Crippen molar-refractivity contribution in [1.82, 2.24) is 30.1 Å². The number of benzene rings is 1. The van der Waals surface area contributed by atoms with Gasteiger partial charge in [0.05, 0.1) is 18.8 Å². The summed E-state index contributed by atoms with van der Waals surface area (Å²) in [6.45, 7) is 0.307. The molecule has 4 rings (SSSR count). The average Bonchev–Trinajstić information content (AvgIpc) is 3.35. The van der Waals surface area contributed by atoms with Crippen molar-refractivity contribution >= 4 is 17.2 Å². The standard InChI is InChI=1S/C18H18FN7O/c19-13-5-3-12(4-6-13)16(20-9-11-27)18-23-17(22-15-7-8-21-24-15)14-2-1-10-26(14)25-18/h1-8,10,16,20,27H,9,11H2,(H2,21,22,23,24,25). The van der Waals surface area contributed by atoms with E-state index in [2.05, 4.69) is 30.9 Å². The van der Waals surface area contributed by atoms with Crippen LogP contribution in [-0.4, -0.2) is 43.1 Å². The van der Waals surface area contributed by atoms with Crippen molar-refractivity contribution in [2.24, 2.45) is 0 Å². The highest BCUT2D eigenvalue weighted by Crippen LogP contribution is 2.24. The Kier molecular flexibility index (Phi) is 4.77. The quantitative estimate of drug-likeness (QED) is 0.398. The summed E-state index contributed by atoms with van der Waals surface area (Å²) in [6, 6.07) is 11.3. The van der Waals surface area contributed by atoms with Crippen LogP contribution in [0.2, 0.25) is 0 Å². The lowest BCUT2D eigenvalue weighted by atomic mass is 10.1. The maximum Gasteiger partial charge on any atom is 0.173 e. The van der Waals surface area contributed by atoms with E-state index >= 15 is 0 Å². The van der Waals surface area contributed by atoms with Gasteiger partial charge in [0.1, 0.15) is 17.2 Å². The number of H-pyrrole nitrogens is 1. The van der Waals surface area contributed by atoms with Gasteiger partial charge in [0.2, 0.25) is 0 Å². The second kappa shape index (κ2) is 7.52. The van der Waals surface area contributed by atoms with Crippen molar-refractivity contribution in [2.45, 2.75) is 6.04 Å². The van der Waals surface area contributed by atoms with E-state index in [1.807, 2.05) is 18.3 Å². The summed E-state index contributed by atoms with van der Waals surface area (Å²) in [7, 11) is 0. The van der Waals surface area contributed by atoms with Gasteiger partial charge in [0, 0.05) is 18.8 Å². The van der Waals surface area contributed by atoms with E-state index in [1.165, 1.54) is 12.1 Å². The minimum Gasteiger partial charge on any atom is -0.395 e. The number of hydrogen-bond donors (Lipinski definition) is 4. The number of aliphatic hydroxyl groups excluding tert-OH is 1. The van der Waals surface area contributed by atoms with Crippen LogP contribution < -0.4 is 10.6 Å². The molecule has 138 valence electrons. The third-order valence-electron chi connectivity index (χ3n) is 4.08. The fourth-order valence-corrected chi connectivity index (χ4v) is 2.84. The number of aliphatic hydroxyl groups is 1. The molecule has 0 saturated heterocycles. The molecular formula is C18H18FN7O. The molecule has 1 unspecified atom stereocenters. The molecule has 0 radical (unpaired) electrons. The maximum absolute atomic E-state index is 13.3. The summed E-state index contributed by atoms with van der Waals surface area (Å²) in [6.07, 6.45) is 3.47. The van der Waals surface area contributed by atoms with Gasteiger partial charge in [-0.3, -0.25) is 5.10 Å². The van der Waals surface area contributed by atoms with Gasteiger partial charge in [-0.1, -0.05) is 12.1 Å². The molecular weight excluding hydrogens is 349 g/mol. The van der Waals surface area contributed by atoms with Crippen LogP contribution in [0.4, 0.5) is 16.0 Å². The van der Waals surface area contributed by atoms with Crippen molar-refractivity contribution in [3.05, 3.63) is 72.1 Å². The van der Waals surface area contributed by atoms with Gasteiger partial charge < -0.3 is 15.7 Å². The van der Waals surface area contributed by atoms with Crippen LogP contribution in [0.1, 0.15) is 17.4 Å². The van der Waals surface area contributed by atoms with E-state index in [-0.39, 0.29) is 12.4 Å². The first-order valence-corrected chi connectivity index (χ1v) is 8.46. The van der Waals surface area contributed by atoms with Gasteiger partial charge in [-0.2, -0.15) is 10.2 Å². The lowest BCUT2D eigenvalue weighted by Crippen LogP contribution is -2.28. The van der Waals surface area contributed by atoms with Crippen LogP contribution in [0, 0.1) is 5.82 Å². The first kappa shape index (κ1) is 17.1. The average molecular weight is 367 g/mol. The number of halogens is 1. The van der Waals surface area contributed by atoms with E-state index in [0.717, 1.165) is 11.1 Å². The fraction of sp³-hybridized carbons (Fsp3) is 0.167. The Morgan fingerprint density at radius 1 is 1.19 bits per heavy atom. The van der Waals surface area contributed by atoms with Gasteiger partial charge in [-0.05, 0) is 29.8 Å². The Balaban J connectivity index is 1.77. The Bertz CT molecular complexity index is 1010. The zero-order chi connectivity index (χ0) is 18.6. The molecule has 0 spiro atoms. The second-order valence-corrected chi connectivity index (χ2v) is 5.91. The molecule has 0 aliphatic heterocycles. The number of rotatable bonds is 7. The lowest BCUT2D eigenvalue weighted by Gasteiger charge is -2.19. The van der Waals surface area contributed by atoms with Crippen LogP contribution in [0.15, 0.2) is 54.9 Å². The van der Waals surface area contributed by atoms with Crippen molar-refractivity contribution in [3.63, 3.8) is 0 Å². The summed E-state index contributed by atoms with van der Waals surface area (Å²) in [5, 5.41) is 27.0. The Labute approximate surface area is 154 Å². The van der Waals surface area contributed by atoms with Crippen molar-refractivity contribution in [2.75, 3.05) is 18.5 Å². The minimum atomic E-state index is -0.410. The molecule has 27 heavy (non-hydrogen) atoms. The highest BCUT2D eigenvalue weighted by Gasteiger charge is 2.19. The van der Waals surface area contributed by atoms with E-state index in [4.69, 9.17) is 0 Å². The molecule has 1 aromatic carbocycles. The largest absolute Gasteiger partial charge is 0.395 e. The van der Waals surface area contributed by atoms with Gasteiger partial charge >= 0.3 is 0 Å². The van der Waals surface area contributed by atoms with Crippen LogP contribution >= 0.6 is 0 Å². The first-order valence-electron chi connectivity index (χ1n) is 8.46. The summed E-state index contributed by atoms with van der Waals surface area (Å²) in [5.74, 6) is 1.47. The van der Waals surface area contributed by atoms with Crippen molar-refractivity contribution in [1.29, 1.82) is 0 Å². The summed E-state index contributed by atoms with van der Waals surface area (Å²) in [5.41, 5.74) is 1.59. The lowest BCUT2D eigenvalue weighted by molar-refractivity contribution is 0.287. The predicted molar refractivity (Wildman–Crippen MR) is 98.2 cm³/mol. The van der Waals surface area contributed by atoms with Gasteiger partial charge in [-0.25, -0.2) is 13.9 Å². The molecule has 1 atom stereocenters. The molecule has 0 aliphatic carbocycles. The summed E-state index contributed by atoms with van der Waals surface area (Å²) in [4.78, 5) is 4.67. The molecule has 3 heterocycles. The van der Waals surface area contributed by atoms with E-state index in [0.29, 0.717) is 24.0 Å². The number of nitrogens with zero attached hydrogens (tertiary/aromatic N) is 4. The smallest absolute Gasteiger partial charge is 0.173 e. The van der Waals surface area contributed by atoms with E-state index in [1.54, 1.807) is 28.9 Å². The Morgan fingerprint density at radius 3 is 2.78 bits per heavy atom. The van der Waals surface area contributed by atoms with Gasteiger partial charge in [0.15, 0.2) is 11.6 Å². The zero-order valence-corrected chi connectivity index (χ0v) is 14.3. The third-order valence-corrected chi connectivity index (χ3v) is 4.08. The molecule has 0 saturated carbocycles. The highest BCUT2D eigenvalue weighted by molar-refractivity contribution is 5.71. The van der Waals surface area contributed by atoms with Crippen LogP contribution in [-0.2, 0) is 0 Å². The van der Waals surface area contributed by atoms with Crippen LogP contribution in [0.5, 0.6) is 0 Å².